The smallest absolute Gasteiger partial charge is 0.222 e. The molecule has 1 aromatic heterocycles. The Bertz CT molecular complexity index is 529. The highest BCUT2D eigenvalue weighted by Crippen LogP contribution is 2.23. The lowest BCUT2D eigenvalue weighted by molar-refractivity contribution is 0.290. The van der Waals surface area contributed by atoms with Crippen molar-refractivity contribution in [1.82, 2.24) is 9.97 Å². The first-order valence-corrected chi connectivity index (χ1v) is 7.09. The van der Waals surface area contributed by atoms with E-state index in [-0.39, 0.29) is 0 Å². The summed E-state index contributed by atoms with van der Waals surface area (Å²) >= 11 is 0. The Labute approximate surface area is 120 Å². The highest BCUT2D eigenvalue weighted by atomic mass is 16.5. The molecule has 0 unspecified atom stereocenters. The van der Waals surface area contributed by atoms with Crippen molar-refractivity contribution in [3.8, 4) is 5.88 Å². The van der Waals surface area contributed by atoms with E-state index in [9.17, 15) is 0 Å². The van der Waals surface area contributed by atoms with Crippen LogP contribution in [0.4, 0.5) is 5.82 Å². The maximum absolute atomic E-state index is 5.84. The van der Waals surface area contributed by atoms with Gasteiger partial charge in [-0.15, -0.1) is 0 Å². The summed E-state index contributed by atoms with van der Waals surface area (Å²) in [5, 5.41) is 3.32. The van der Waals surface area contributed by atoms with Crippen LogP contribution in [0.2, 0.25) is 0 Å². The third-order valence-electron chi connectivity index (χ3n) is 3.02. The summed E-state index contributed by atoms with van der Waals surface area (Å²) in [7, 11) is 0. The molecule has 0 spiro atoms. The summed E-state index contributed by atoms with van der Waals surface area (Å²) in [6, 6.07) is 10.1. The van der Waals surface area contributed by atoms with Gasteiger partial charge in [0.15, 0.2) is 0 Å². The van der Waals surface area contributed by atoms with E-state index >= 15 is 0 Å². The van der Waals surface area contributed by atoms with Crippen LogP contribution in [-0.2, 0) is 13.0 Å². The Balaban J connectivity index is 2.10. The predicted molar refractivity (Wildman–Crippen MR) is 81.0 cm³/mol. The summed E-state index contributed by atoms with van der Waals surface area (Å²) in [5.74, 6) is 1.55. The van der Waals surface area contributed by atoms with Crippen molar-refractivity contribution in [1.29, 1.82) is 0 Å². The van der Waals surface area contributed by atoms with Crippen molar-refractivity contribution in [2.75, 3.05) is 11.9 Å². The number of nitrogens with zero attached hydrogens (tertiary/aromatic N) is 2. The van der Waals surface area contributed by atoms with E-state index in [1.807, 2.05) is 30.3 Å². The van der Waals surface area contributed by atoms with Crippen LogP contribution in [0.15, 0.2) is 36.7 Å². The fourth-order valence-corrected chi connectivity index (χ4v) is 1.96. The third-order valence-corrected chi connectivity index (χ3v) is 3.02. The van der Waals surface area contributed by atoms with E-state index in [1.165, 1.54) is 0 Å². The number of benzene rings is 1. The Morgan fingerprint density at radius 3 is 2.60 bits per heavy atom. The van der Waals surface area contributed by atoms with Crippen LogP contribution in [0, 0.1) is 0 Å². The fourth-order valence-electron chi connectivity index (χ4n) is 1.96. The Morgan fingerprint density at radius 2 is 1.90 bits per heavy atom. The van der Waals surface area contributed by atoms with E-state index in [0.717, 1.165) is 36.3 Å². The molecule has 0 saturated carbocycles. The maximum Gasteiger partial charge on any atom is 0.222 e. The average molecular weight is 271 g/mol. The summed E-state index contributed by atoms with van der Waals surface area (Å²) in [6.07, 6.45) is 3.46. The van der Waals surface area contributed by atoms with Crippen LogP contribution in [0.3, 0.4) is 0 Å². The van der Waals surface area contributed by atoms with Crippen LogP contribution in [0.25, 0.3) is 0 Å². The molecule has 0 saturated heterocycles. The van der Waals surface area contributed by atoms with Gasteiger partial charge in [-0.2, -0.15) is 0 Å². The van der Waals surface area contributed by atoms with E-state index in [2.05, 4.69) is 29.1 Å². The molecule has 0 fully saturated rings. The van der Waals surface area contributed by atoms with Crippen molar-refractivity contribution in [2.24, 2.45) is 0 Å². The number of anilines is 1. The van der Waals surface area contributed by atoms with Gasteiger partial charge >= 0.3 is 0 Å². The zero-order chi connectivity index (χ0) is 14.2. The second kappa shape index (κ2) is 7.48. The first-order chi connectivity index (χ1) is 9.85. The minimum atomic E-state index is 0.526. The van der Waals surface area contributed by atoms with Crippen molar-refractivity contribution >= 4 is 5.82 Å². The molecule has 1 N–H and O–H groups in total. The number of ether oxygens (including phenoxy) is 1. The fraction of sp³-hybridized carbons (Fsp3) is 0.375. The maximum atomic E-state index is 5.84. The van der Waals surface area contributed by atoms with Crippen molar-refractivity contribution in [3.63, 3.8) is 0 Å². The molecule has 0 atom stereocenters. The van der Waals surface area contributed by atoms with Gasteiger partial charge in [0.25, 0.3) is 0 Å². The molecule has 0 radical (unpaired) electrons. The molecule has 1 aromatic carbocycles. The third kappa shape index (κ3) is 3.70. The number of rotatable bonds is 7. The van der Waals surface area contributed by atoms with E-state index in [4.69, 9.17) is 4.74 Å². The van der Waals surface area contributed by atoms with Gasteiger partial charge in [-0.05, 0) is 18.4 Å². The second-order valence-corrected chi connectivity index (χ2v) is 4.56. The normalized spacial score (nSPS) is 10.3. The molecule has 0 aliphatic rings. The first kappa shape index (κ1) is 14.3. The Hall–Kier alpha value is -2.10. The minimum Gasteiger partial charge on any atom is -0.472 e. The molecule has 0 aliphatic carbocycles. The van der Waals surface area contributed by atoms with E-state index in [1.54, 1.807) is 6.33 Å². The first-order valence-electron chi connectivity index (χ1n) is 7.09. The molecule has 1 heterocycles. The second-order valence-electron chi connectivity index (χ2n) is 4.56. The zero-order valence-electron chi connectivity index (χ0n) is 12.1. The van der Waals surface area contributed by atoms with Gasteiger partial charge < -0.3 is 10.1 Å². The molecule has 4 heteroatoms. The molecule has 2 aromatic rings. The SMILES string of the molecule is CCCNc1ncnc(OCc2ccccc2)c1CC. The van der Waals surface area contributed by atoms with Crippen molar-refractivity contribution in [2.45, 2.75) is 33.3 Å². The van der Waals surface area contributed by atoms with Gasteiger partial charge in [0, 0.05) is 6.54 Å². The quantitative estimate of drug-likeness (QED) is 0.838. The van der Waals surface area contributed by atoms with Gasteiger partial charge in [0.05, 0.1) is 5.56 Å². The highest BCUT2D eigenvalue weighted by Gasteiger charge is 2.10. The van der Waals surface area contributed by atoms with Crippen LogP contribution >= 0.6 is 0 Å². The molecule has 4 nitrogen and oxygen atoms in total. The number of nitrogens with one attached hydrogen (secondary N) is 1. The van der Waals surface area contributed by atoms with Crippen LogP contribution in [-0.4, -0.2) is 16.5 Å². The van der Waals surface area contributed by atoms with Crippen molar-refractivity contribution in [3.05, 3.63) is 47.8 Å². The largest absolute Gasteiger partial charge is 0.472 e. The number of hydrogen-bond donors (Lipinski definition) is 1. The van der Waals surface area contributed by atoms with Gasteiger partial charge in [0.2, 0.25) is 5.88 Å². The van der Waals surface area contributed by atoms with Crippen molar-refractivity contribution < 1.29 is 4.74 Å². The van der Waals surface area contributed by atoms with Crippen LogP contribution in [0.5, 0.6) is 5.88 Å². The number of aromatic nitrogens is 2. The van der Waals surface area contributed by atoms with Gasteiger partial charge in [-0.25, -0.2) is 9.97 Å². The molecule has 0 aliphatic heterocycles. The number of hydrogen-bond acceptors (Lipinski definition) is 4. The lowest BCUT2D eigenvalue weighted by Gasteiger charge is -2.13. The topological polar surface area (TPSA) is 47.0 Å². The lowest BCUT2D eigenvalue weighted by atomic mass is 10.2. The lowest BCUT2D eigenvalue weighted by Crippen LogP contribution is -2.08. The summed E-state index contributed by atoms with van der Waals surface area (Å²) < 4.78 is 5.84. The molecule has 20 heavy (non-hydrogen) atoms. The summed E-state index contributed by atoms with van der Waals surface area (Å²) in [6.45, 7) is 5.65. The van der Waals surface area contributed by atoms with Gasteiger partial charge in [-0.1, -0.05) is 44.2 Å². The molecular weight excluding hydrogens is 250 g/mol. The Morgan fingerprint density at radius 1 is 1.10 bits per heavy atom. The zero-order valence-corrected chi connectivity index (χ0v) is 12.1. The monoisotopic (exact) mass is 271 g/mol. The molecule has 0 amide bonds. The molecule has 2 rings (SSSR count). The van der Waals surface area contributed by atoms with Crippen LogP contribution < -0.4 is 10.1 Å². The Kier molecular flexibility index (Phi) is 5.35. The van der Waals surface area contributed by atoms with E-state index < -0.39 is 0 Å². The molecule has 0 bridgehead atoms. The van der Waals surface area contributed by atoms with E-state index in [0.29, 0.717) is 12.5 Å². The summed E-state index contributed by atoms with van der Waals surface area (Å²) in [5.41, 5.74) is 2.17. The van der Waals surface area contributed by atoms with Crippen LogP contribution in [0.1, 0.15) is 31.4 Å². The minimum absolute atomic E-state index is 0.526. The molecule has 106 valence electrons. The van der Waals surface area contributed by atoms with Gasteiger partial charge in [-0.3, -0.25) is 0 Å². The summed E-state index contributed by atoms with van der Waals surface area (Å²) in [4.78, 5) is 8.56. The van der Waals surface area contributed by atoms with Gasteiger partial charge in [0.1, 0.15) is 18.8 Å². The standard InChI is InChI=1S/C16H21N3O/c1-3-10-17-15-14(4-2)16(19-12-18-15)20-11-13-8-6-5-7-9-13/h5-9,12H,3-4,10-11H2,1-2H3,(H,17,18,19). The average Bonchev–Trinajstić information content (AvgIpc) is 2.51. The molecular formula is C16H21N3O. The predicted octanol–water partition coefficient (Wildman–Crippen LogP) is 3.44. The highest BCUT2D eigenvalue weighted by molar-refractivity contribution is 5.48.